The Hall–Kier alpha value is -3.72. The Bertz CT molecular complexity index is 1300. The molecule has 4 rings (SSSR count). The van der Waals surface area contributed by atoms with Gasteiger partial charge in [-0.05, 0) is 17.7 Å². The second-order valence-corrected chi connectivity index (χ2v) is 9.06. The second-order valence-electron chi connectivity index (χ2n) is 8.68. The van der Waals surface area contributed by atoms with Crippen molar-refractivity contribution in [1.29, 1.82) is 0 Å². The molecule has 2 aromatic rings. The van der Waals surface area contributed by atoms with Crippen molar-refractivity contribution in [2.75, 3.05) is 21.3 Å². The molecule has 1 aliphatic carbocycles. The molecule has 0 saturated carbocycles. The summed E-state index contributed by atoms with van der Waals surface area (Å²) in [6.45, 7) is 1.61. The van der Waals surface area contributed by atoms with Crippen LogP contribution >= 0.6 is 11.6 Å². The fourth-order valence-corrected chi connectivity index (χ4v) is 5.18. The summed E-state index contributed by atoms with van der Waals surface area (Å²) in [4.78, 5) is 39.6. The Morgan fingerprint density at radius 2 is 1.86 bits per heavy atom. The number of ether oxygens (including phenoxy) is 4. The predicted octanol–water partition coefficient (Wildman–Crippen LogP) is 4.14. The number of hydrogen-bond donors (Lipinski definition) is 2. The summed E-state index contributed by atoms with van der Waals surface area (Å²) in [6, 6.07) is 7.39. The Kier molecular flexibility index (Phi) is 6.62. The zero-order chi connectivity index (χ0) is 26.4. The number of Topliss-reactive ketones (excluding diaryl/α,β-unsaturated/α-hetero) is 2. The van der Waals surface area contributed by atoms with E-state index in [9.17, 15) is 24.6 Å². The van der Waals surface area contributed by atoms with Crippen LogP contribution in [-0.4, -0.2) is 54.7 Å². The van der Waals surface area contributed by atoms with E-state index in [0.717, 1.165) is 0 Å². The van der Waals surface area contributed by atoms with Crippen molar-refractivity contribution in [2.24, 2.45) is 5.92 Å². The number of phenolic OH excluding ortho intramolecular Hbond substituents is 1. The van der Waals surface area contributed by atoms with Gasteiger partial charge in [0.05, 0.1) is 27.8 Å². The largest absolute Gasteiger partial charge is 0.508 e. The summed E-state index contributed by atoms with van der Waals surface area (Å²) < 4.78 is 21.6. The fourth-order valence-electron chi connectivity index (χ4n) is 4.92. The first-order valence-electron chi connectivity index (χ1n) is 11.1. The van der Waals surface area contributed by atoms with Crippen molar-refractivity contribution in [3.8, 4) is 23.0 Å². The highest BCUT2D eigenvalue weighted by Gasteiger charge is 2.61. The Balaban J connectivity index is 1.96. The second kappa shape index (κ2) is 9.39. The third kappa shape index (κ3) is 3.74. The summed E-state index contributed by atoms with van der Waals surface area (Å²) >= 11 is 6.46. The number of ketones is 2. The molecular formula is C26H25ClO9. The van der Waals surface area contributed by atoms with Crippen molar-refractivity contribution in [3.63, 3.8) is 0 Å². The van der Waals surface area contributed by atoms with Gasteiger partial charge in [0.1, 0.15) is 27.8 Å². The molecule has 36 heavy (non-hydrogen) atoms. The molecule has 1 heterocycles. The lowest BCUT2D eigenvalue weighted by molar-refractivity contribution is -0.140. The molecule has 10 heteroatoms. The number of carbonyl (C=O) groups excluding carboxylic acids is 3. The molecule has 0 aromatic heterocycles. The van der Waals surface area contributed by atoms with Crippen molar-refractivity contribution in [2.45, 2.75) is 31.3 Å². The average Bonchev–Trinajstić information content (AvgIpc) is 3.17. The maximum absolute atomic E-state index is 13.9. The third-order valence-corrected chi connectivity index (χ3v) is 7.09. The lowest BCUT2D eigenvalue weighted by atomic mass is 9.69. The van der Waals surface area contributed by atoms with Crippen LogP contribution in [0.15, 0.2) is 41.7 Å². The van der Waals surface area contributed by atoms with Gasteiger partial charge >= 0.3 is 5.97 Å². The van der Waals surface area contributed by atoms with Crippen molar-refractivity contribution >= 4 is 29.1 Å². The summed E-state index contributed by atoms with van der Waals surface area (Å²) in [7, 11) is 3.96. The first-order chi connectivity index (χ1) is 17.1. The molecule has 0 amide bonds. The quantitative estimate of drug-likeness (QED) is 0.544. The fraction of sp³-hybridized carbons (Fsp3) is 0.346. The molecule has 0 saturated heterocycles. The van der Waals surface area contributed by atoms with E-state index in [1.165, 1.54) is 39.5 Å². The number of phenols is 1. The van der Waals surface area contributed by atoms with Gasteiger partial charge in [-0.2, -0.15) is 0 Å². The van der Waals surface area contributed by atoms with E-state index in [-0.39, 0.29) is 52.0 Å². The molecule has 2 aliphatic rings. The summed E-state index contributed by atoms with van der Waals surface area (Å²) in [5.74, 6) is -3.99. The molecule has 0 fully saturated rings. The minimum atomic E-state index is -1.99. The Morgan fingerprint density at radius 3 is 2.47 bits per heavy atom. The van der Waals surface area contributed by atoms with Gasteiger partial charge in [-0.3, -0.25) is 14.4 Å². The van der Waals surface area contributed by atoms with Gasteiger partial charge in [-0.15, -0.1) is 0 Å². The molecule has 3 atom stereocenters. The number of aliphatic hydroxyl groups excluding tert-OH is 1. The van der Waals surface area contributed by atoms with E-state index in [1.807, 2.05) is 0 Å². The Labute approximate surface area is 212 Å². The Morgan fingerprint density at radius 1 is 1.17 bits per heavy atom. The lowest BCUT2D eigenvalue weighted by Crippen LogP contribution is -2.53. The number of aromatic hydroxyl groups is 1. The average molecular weight is 517 g/mol. The summed E-state index contributed by atoms with van der Waals surface area (Å²) in [5, 5.41) is 21.7. The van der Waals surface area contributed by atoms with E-state index in [0.29, 0.717) is 5.56 Å². The van der Waals surface area contributed by atoms with Crippen LogP contribution in [0.2, 0.25) is 5.02 Å². The van der Waals surface area contributed by atoms with E-state index < -0.39 is 40.7 Å². The van der Waals surface area contributed by atoms with Crippen LogP contribution in [0, 0.1) is 5.92 Å². The maximum Gasteiger partial charge on any atom is 0.306 e. The molecule has 2 aromatic carbocycles. The molecule has 1 aliphatic heterocycles. The topological polar surface area (TPSA) is 129 Å². The predicted molar refractivity (Wildman–Crippen MR) is 128 cm³/mol. The highest BCUT2D eigenvalue weighted by atomic mass is 35.5. The number of esters is 1. The first kappa shape index (κ1) is 25.4. The van der Waals surface area contributed by atoms with Crippen molar-refractivity contribution in [1.82, 2.24) is 0 Å². The van der Waals surface area contributed by atoms with E-state index >= 15 is 0 Å². The van der Waals surface area contributed by atoms with Gasteiger partial charge in [0.15, 0.2) is 17.3 Å². The molecule has 0 radical (unpaired) electrons. The molecule has 9 nitrogen and oxygen atoms in total. The van der Waals surface area contributed by atoms with Crippen LogP contribution in [0.3, 0.4) is 0 Å². The standard InChI is InChI=1S/C26H25ClO9/c1-12-8-16(29)20(15(10-19(30)35-4)13-6-5-7-14(28)9-13)24(31)26(12)25(32)21-17(33-2)11-18(34-3)22(27)23(21)36-26/h5-7,9,11-12,15,28,31H,8,10H2,1-4H3/t12-,15+,26+/m1/s1. The first-order valence-corrected chi connectivity index (χ1v) is 11.5. The molecule has 0 unspecified atom stereocenters. The van der Waals surface area contributed by atoms with Gasteiger partial charge in [0.25, 0.3) is 0 Å². The number of allylic oxidation sites excluding steroid dienone is 1. The molecule has 2 N–H and O–H groups in total. The highest BCUT2D eigenvalue weighted by Crippen LogP contribution is 2.55. The van der Waals surface area contributed by atoms with Crippen LogP contribution in [0.25, 0.3) is 0 Å². The molecule has 1 spiro atoms. The van der Waals surface area contributed by atoms with E-state index in [2.05, 4.69) is 0 Å². The highest BCUT2D eigenvalue weighted by molar-refractivity contribution is 6.35. The number of rotatable bonds is 6. The minimum absolute atomic E-state index is 0.0102. The van der Waals surface area contributed by atoms with Gasteiger partial charge in [-0.25, -0.2) is 0 Å². The van der Waals surface area contributed by atoms with Crippen LogP contribution in [0.1, 0.15) is 41.6 Å². The number of carbonyl (C=O) groups is 3. The van der Waals surface area contributed by atoms with Gasteiger partial charge in [-0.1, -0.05) is 30.7 Å². The molecule has 190 valence electrons. The van der Waals surface area contributed by atoms with Gasteiger partial charge in [0.2, 0.25) is 11.4 Å². The number of aliphatic hydroxyl groups is 1. The van der Waals surface area contributed by atoms with Crippen molar-refractivity contribution < 1.29 is 43.5 Å². The number of methoxy groups -OCH3 is 3. The molecule has 0 bridgehead atoms. The van der Waals surface area contributed by atoms with E-state index in [4.69, 9.17) is 30.5 Å². The smallest absolute Gasteiger partial charge is 0.306 e. The monoisotopic (exact) mass is 516 g/mol. The normalized spacial score (nSPS) is 21.8. The number of benzene rings is 2. The third-order valence-electron chi connectivity index (χ3n) is 6.73. The minimum Gasteiger partial charge on any atom is -0.508 e. The molecular weight excluding hydrogens is 492 g/mol. The summed E-state index contributed by atoms with van der Waals surface area (Å²) in [6.07, 6.45) is -0.485. The number of fused-ring (bicyclic) bond motifs is 1. The number of halogens is 1. The van der Waals surface area contributed by atoms with Crippen LogP contribution in [-0.2, 0) is 14.3 Å². The maximum atomic E-state index is 13.9. The van der Waals surface area contributed by atoms with Crippen molar-refractivity contribution in [3.05, 3.63) is 57.8 Å². The van der Waals surface area contributed by atoms with Gasteiger partial charge < -0.3 is 29.2 Å². The SMILES string of the molecule is COC(=O)C[C@H](C1=C(O)[C@@]2(Oc3c(Cl)c(OC)cc(OC)c3C2=O)[C@H](C)CC1=O)c1cccc(O)c1. The lowest BCUT2D eigenvalue weighted by Gasteiger charge is -2.38. The van der Waals surface area contributed by atoms with E-state index in [1.54, 1.807) is 19.1 Å². The zero-order valence-electron chi connectivity index (χ0n) is 20.1. The van der Waals surface area contributed by atoms with Crippen LogP contribution < -0.4 is 14.2 Å². The van der Waals surface area contributed by atoms with Crippen LogP contribution in [0.5, 0.6) is 23.0 Å². The zero-order valence-corrected chi connectivity index (χ0v) is 20.8. The number of hydrogen-bond acceptors (Lipinski definition) is 9. The summed E-state index contributed by atoms with van der Waals surface area (Å²) in [5.41, 5.74) is -1.77. The van der Waals surface area contributed by atoms with Gasteiger partial charge in [0, 0.05) is 29.9 Å². The van der Waals surface area contributed by atoms with Crippen LogP contribution in [0.4, 0.5) is 0 Å².